The summed E-state index contributed by atoms with van der Waals surface area (Å²) in [5.41, 5.74) is 10.6. The molecule has 7 aliphatic heterocycles. The van der Waals surface area contributed by atoms with Crippen LogP contribution in [-0.4, -0.2) is 176 Å². The predicted octanol–water partition coefficient (Wildman–Crippen LogP) is 6.06. The van der Waals surface area contributed by atoms with Crippen molar-refractivity contribution in [1.82, 2.24) is 40.1 Å². The third kappa shape index (κ3) is 10.6. The molecule has 0 unspecified atom stereocenters. The molecule has 2 N–H and O–H groups in total. The summed E-state index contributed by atoms with van der Waals surface area (Å²) in [6.07, 6.45) is 8.60. The number of hydrogen-bond acceptors (Lipinski definition) is 16. The number of piperazine rings is 1. The van der Waals surface area contributed by atoms with Crippen LogP contribution in [0.4, 0.5) is 5.69 Å². The number of fused-ring (bicyclic) bond motifs is 6. The third-order valence-corrected chi connectivity index (χ3v) is 18.4. The number of cyclic esters (lactones) is 1. The first kappa shape index (κ1) is 52.1. The molecule has 1 aliphatic carbocycles. The minimum Gasteiger partial charge on any atom is -0.464 e. The summed E-state index contributed by atoms with van der Waals surface area (Å²) in [6, 6.07) is 7.30. The van der Waals surface area contributed by atoms with Crippen molar-refractivity contribution < 1.29 is 42.8 Å². The first-order valence-corrected chi connectivity index (χ1v) is 29.0. The van der Waals surface area contributed by atoms with E-state index in [-0.39, 0.29) is 42.1 Å². The van der Waals surface area contributed by atoms with E-state index >= 15 is 4.79 Å². The maximum absolute atomic E-state index is 15.2. The number of thiazole rings is 1. The van der Waals surface area contributed by atoms with Gasteiger partial charge in [-0.15, -0.1) is 11.3 Å². The number of carbonyl (C=O) groups is 3. The van der Waals surface area contributed by atoms with Crippen molar-refractivity contribution in [1.29, 1.82) is 0 Å². The number of benzene rings is 1. The molecule has 1 aromatic carbocycles. The highest BCUT2D eigenvalue weighted by molar-refractivity contribution is 7.10. The van der Waals surface area contributed by atoms with Crippen molar-refractivity contribution in [2.75, 3.05) is 97.5 Å². The second kappa shape index (κ2) is 21.6. The molecule has 1 saturated carbocycles. The van der Waals surface area contributed by atoms with Crippen LogP contribution in [0.15, 0.2) is 35.8 Å². The normalized spacial score (nSPS) is 28.0. The van der Waals surface area contributed by atoms with Crippen molar-refractivity contribution in [3.63, 3.8) is 0 Å². The number of methoxy groups -OCH3 is 1. The van der Waals surface area contributed by atoms with Gasteiger partial charge in [0.25, 0.3) is 5.91 Å². The largest absolute Gasteiger partial charge is 0.464 e. The fourth-order valence-electron chi connectivity index (χ4n) is 12.9. The van der Waals surface area contributed by atoms with Crippen LogP contribution in [0.25, 0.3) is 33.4 Å². The molecule has 4 aromatic rings. The molecule has 6 bridgehead atoms. The van der Waals surface area contributed by atoms with Crippen LogP contribution in [0.3, 0.4) is 0 Å². The molecule has 8 aliphatic rings. The van der Waals surface area contributed by atoms with Gasteiger partial charge in [-0.25, -0.2) is 10.4 Å². The van der Waals surface area contributed by atoms with Gasteiger partial charge >= 0.3 is 5.97 Å². The molecule has 19 heteroatoms. The number of anilines is 1. The Hall–Kier alpha value is -4.57. The van der Waals surface area contributed by atoms with Gasteiger partial charge in [-0.3, -0.25) is 34.2 Å². The highest BCUT2D eigenvalue weighted by Gasteiger charge is 2.53. The van der Waals surface area contributed by atoms with E-state index < -0.39 is 35.6 Å². The first-order valence-electron chi connectivity index (χ1n) is 28.2. The van der Waals surface area contributed by atoms with Gasteiger partial charge in [-0.2, -0.15) is 0 Å². The van der Waals surface area contributed by atoms with Crippen molar-refractivity contribution in [2.45, 2.75) is 141 Å². The van der Waals surface area contributed by atoms with Gasteiger partial charge in [-0.1, -0.05) is 19.9 Å². The molecule has 3 aromatic heterocycles. The summed E-state index contributed by atoms with van der Waals surface area (Å²) >= 11 is 1.51. The summed E-state index contributed by atoms with van der Waals surface area (Å²) in [5, 5.41) is 8.60. The number of carbonyl (C=O) groups excluding carboxylic acids is 3. The predicted molar refractivity (Wildman–Crippen MR) is 288 cm³/mol. The maximum atomic E-state index is 15.2. The SMILES string of the molecule is CO[C@@H](C)c1ncc(N2CCN(C3CC3)CC2)cc1-c1c2c3cc(ccc3n1CCOC1CCOCC1)-c1csc(n1)[C@@H](N1CC3(CCOC3)C1)[C@H](NC(=O)[C@H]1C[C@@H](C)O1)C(=O)N1CCC[C@H](N1)C(=O)OCC(C)(C)C2. The van der Waals surface area contributed by atoms with Gasteiger partial charge < -0.3 is 43.2 Å². The molecule has 18 nitrogen and oxygen atoms in total. The topological polar surface area (TPSA) is 174 Å². The molecule has 410 valence electrons. The van der Waals surface area contributed by atoms with Crippen LogP contribution in [0.1, 0.15) is 107 Å². The minimum atomic E-state index is -1.03. The van der Waals surface area contributed by atoms with Crippen molar-refractivity contribution in [3.05, 3.63) is 52.1 Å². The maximum Gasteiger partial charge on any atom is 0.324 e. The molecule has 0 radical (unpaired) electrons. The van der Waals surface area contributed by atoms with Crippen LogP contribution in [0.5, 0.6) is 0 Å². The first-order chi connectivity index (χ1) is 36.8. The number of nitrogens with zero attached hydrogens (tertiary/aromatic N) is 7. The summed E-state index contributed by atoms with van der Waals surface area (Å²) in [7, 11) is 1.74. The minimum absolute atomic E-state index is 0.0225. The number of ether oxygens (including phenoxy) is 6. The number of esters is 1. The van der Waals surface area contributed by atoms with Gasteiger partial charge in [0.15, 0.2) is 0 Å². The van der Waals surface area contributed by atoms with Crippen molar-refractivity contribution >= 4 is 45.7 Å². The fourth-order valence-corrected chi connectivity index (χ4v) is 13.9. The zero-order valence-electron chi connectivity index (χ0n) is 45.1. The summed E-state index contributed by atoms with van der Waals surface area (Å²) in [5.74, 6) is -1.07. The van der Waals surface area contributed by atoms with E-state index in [2.05, 4.69) is 80.4 Å². The Morgan fingerprint density at radius 1 is 0.987 bits per heavy atom. The molecule has 6 atom stereocenters. The van der Waals surface area contributed by atoms with Gasteiger partial charge in [0.05, 0.1) is 73.1 Å². The van der Waals surface area contributed by atoms with Crippen LogP contribution in [0, 0.1) is 10.8 Å². The Labute approximate surface area is 450 Å². The molecule has 6 saturated heterocycles. The Bertz CT molecular complexity index is 2760. The number of hydrazine groups is 1. The zero-order valence-corrected chi connectivity index (χ0v) is 45.9. The van der Waals surface area contributed by atoms with Gasteiger partial charge in [0.2, 0.25) is 5.91 Å². The zero-order chi connectivity index (χ0) is 52.3. The molecule has 12 rings (SSSR count). The second-order valence-electron chi connectivity index (χ2n) is 23.8. The van der Waals surface area contributed by atoms with Crippen molar-refractivity contribution in [2.24, 2.45) is 10.8 Å². The van der Waals surface area contributed by atoms with E-state index in [1.807, 2.05) is 13.1 Å². The number of nitrogens with one attached hydrogen (secondary N) is 2. The molecule has 76 heavy (non-hydrogen) atoms. The number of rotatable bonds is 12. The Morgan fingerprint density at radius 2 is 1.79 bits per heavy atom. The Morgan fingerprint density at radius 3 is 2.53 bits per heavy atom. The van der Waals surface area contributed by atoms with E-state index in [4.69, 9.17) is 38.4 Å². The fraction of sp³-hybridized carbons (Fsp3) is 0.667. The number of aromatic nitrogens is 3. The quantitative estimate of drug-likeness (QED) is 0.157. The van der Waals surface area contributed by atoms with E-state index in [0.717, 1.165) is 107 Å². The van der Waals surface area contributed by atoms with E-state index in [9.17, 15) is 9.59 Å². The van der Waals surface area contributed by atoms with E-state index in [1.54, 1.807) is 7.11 Å². The molecule has 10 heterocycles. The number of pyridine rings is 1. The summed E-state index contributed by atoms with van der Waals surface area (Å²) < 4.78 is 39.1. The van der Waals surface area contributed by atoms with Crippen LogP contribution >= 0.6 is 11.3 Å². The second-order valence-corrected chi connectivity index (χ2v) is 24.7. The van der Waals surface area contributed by atoms with Crippen LogP contribution in [-0.2, 0) is 55.8 Å². The van der Waals surface area contributed by atoms with Crippen molar-refractivity contribution in [3.8, 4) is 22.5 Å². The third-order valence-electron chi connectivity index (χ3n) is 17.5. The average Bonchev–Trinajstić information content (AvgIpc) is 3.91. The molecule has 1 spiro atoms. The molecular formula is C57H77N9O9S. The Kier molecular flexibility index (Phi) is 14.8. The monoisotopic (exact) mass is 1060 g/mol. The number of hydrogen-bond donors (Lipinski definition) is 2. The van der Waals surface area contributed by atoms with Gasteiger partial charge in [0.1, 0.15) is 23.2 Å². The Balaban J connectivity index is 1.00. The highest BCUT2D eigenvalue weighted by Crippen LogP contribution is 2.47. The van der Waals surface area contributed by atoms with Gasteiger partial charge in [0, 0.05) is 130 Å². The van der Waals surface area contributed by atoms with Crippen LogP contribution in [0.2, 0.25) is 0 Å². The highest BCUT2D eigenvalue weighted by atomic mass is 32.1. The number of likely N-dealkylation sites (tertiary alicyclic amines) is 1. The summed E-state index contributed by atoms with van der Waals surface area (Å²) in [6.45, 7) is 18.0. The van der Waals surface area contributed by atoms with E-state index in [0.29, 0.717) is 84.9 Å². The lowest BCUT2D eigenvalue weighted by molar-refractivity contribution is -0.164. The summed E-state index contributed by atoms with van der Waals surface area (Å²) in [4.78, 5) is 61.8. The standard InChI is InChI=1S/C57H77N9O9S/c1-35-25-47(75-35)52(67)60-49-51(64-31-57(32-64)14-23-72-34-57)53-59-45(30-76-53)37-8-11-46-41(26-37)43(28-56(3,4)33-74-55(69)44-7-6-15-66(61-44)54(49)68)50(65(46)20-24-73-40-12-21-71-22-13-40)42-27-39(29-58-48(42)36(2)70-5)63-18-16-62(17-19-63)38-9-10-38/h8,11,26-27,29-30,35-36,38,40,44,47,49,51,61H,6-7,9-10,12-25,28,31-34H2,1-5H3,(H,60,67)/t35-,36+,44+,47-,49+,51+/m1/s1. The molecular weight excluding hydrogens is 987 g/mol. The lowest BCUT2D eigenvalue weighted by Crippen LogP contribution is -2.67. The molecule has 7 fully saturated rings. The number of amides is 2. The lowest BCUT2D eigenvalue weighted by atomic mass is 9.77. The molecule has 2 amide bonds. The lowest BCUT2D eigenvalue weighted by Gasteiger charge is -2.52. The van der Waals surface area contributed by atoms with E-state index in [1.165, 1.54) is 29.2 Å². The van der Waals surface area contributed by atoms with Gasteiger partial charge in [-0.05, 0) is 89.0 Å². The average molecular weight is 1060 g/mol. The van der Waals surface area contributed by atoms with Crippen LogP contribution < -0.4 is 15.6 Å². The smallest absolute Gasteiger partial charge is 0.324 e.